The minimum absolute atomic E-state index is 0.116. The maximum Gasteiger partial charge on any atom is 0.274 e. The molecular weight excluding hydrogens is 280 g/mol. The highest BCUT2D eigenvalue weighted by Gasteiger charge is 2.18. The van der Waals surface area contributed by atoms with Crippen molar-refractivity contribution in [3.8, 4) is 5.75 Å². The largest absolute Gasteiger partial charge is 0.496 e. The van der Waals surface area contributed by atoms with Crippen molar-refractivity contribution in [1.82, 2.24) is 4.72 Å². The van der Waals surface area contributed by atoms with Gasteiger partial charge >= 0.3 is 0 Å². The molecule has 6 nitrogen and oxygen atoms in total. The van der Waals surface area contributed by atoms with Crippen LogP contribution in [-0.2, 0) is 23.1 Å². The first-order valence-corrected chi connectivity index (χ1v) is 7.45. The highest BCUT2D eigenvalue weighted by Crippen LogP contribution is 2.18. The van der Waals surface area contributed by atoms with Gasteiger partial charge in [-0.3, -0.25) is 0 Å². The number of hydrogen-bond donors (Lipinski definition) is 2. The Morgan fingerprint density at radius 3 is 2.65 bits per heavy atom. The molecule has 0 bridgehead atoms. The lowest BCUT2D eigenvalue weighted by atomic mass is 10.2. The summed E-state index contributed by atoms with van der Waals surface area (Å²) in [5.41, 5.74) is 6.12. The van der Waals surface area contributed by atoms with Crippen LogP contribution in [-0.4, -0.2) is 15.5 Å². The molecule has 7 heteroatoms. The second-order valence-electron chi connectivity index (χ2n) is 4.06. The van der Waals surface area contributed by atoms with Crippen LogP contribution in [0, 0.1) is 0 Å². The van der Waals surface area contributed by atoms with E-state index >= 15 is 0 Å². The van der Waals surface area contributed by atoms with Gasteiger partial charge in [0.1, 0.15) is 11.5 Å². The van der Waals surface area contributed by atoms with Crippen molar-refractivity contribution in [2.75, 3.05) is 7.11 Å². The number of methoxy groups -OCH3 is 1. The molecule has 0 aliphatic heterocycles. The standard InChI is InChI=1S/C13H16N2O4S/c1-18-12-5-3-2-4-10(12)9-15-20(16,17)13-7-6-11(8-14)19-13/h2-7,15H,8-9,14H2,1H3. The van der Waals surface area contributed by atoms with Crippen molar-refractivity contribution in [2.24, 2.45) is 5.73 Å². The zero-order chi connectivity index (χ0) is 14.6. The highest BCUT2D eigenvalue weighted by atomic mass is 32.2. The molecule has 1 aromatic heterocycles. The van der Waals surface area contributed by atoms with Crippen molar-refractivity contribution in [1.29, 1.82) is 0 Å². The van der Waals surface area contributed by atoms with Crippen molar-refractivity contribution < 1.29 is 17.6 Å². The second kappa shape index (κ2) is 6.08. The molecule has 2 aromatic rings. The molecule has 0 atom stereocenters. The van der Waals surface area contributed by atoms with E-state index < -0.39 is 10.0 Å². The SMILES string of the molecule is COc1ccccc1CNS(=O)(=O)c1ccc(CN)o1. The van der Waals surface area contributed by atoms with E-state index in [1.165, 1.54) is 19.2 Å². The van der Waals surface area contributed by atoms with Gasteiger partial charge in [0.05, 0.1) is 13.7 Å². The van der Waals surface area contributed by atoms with Crippen LogP contribution >= 0.6 is 0 Å². The van der Waals surface area contributed by atoms with Crippen molar-refractivity contribution >= 4 is 10.0 Å². The maximum atomic E-state index is 12.0. The molecule has 0 aliphatic rings. The van der Waals surface area contributed by atoms with E-state index in [0.29, 0.717) is 11.5 Å². The zero-order valence-electron chi connectivity index (χ0n) is 11.0. The lowest BCUT2D eigenvalue weighted by Gasteiger charge is -2.08. The Balaban J connectivity index is 2.13. The number of hydrogen-bond acceptors (Lipinski definition) is 5. The second-order valence-corrected chi connectivity index (χ2v) is 5.76. The topological polar surface area (TPSA) is 94.6 Å². The van der Waals surface area contributed by atoms with Gasteiger partial charge in [-0.15, -0.1) is 0 Å². The monoisotopic (exact) mass is 296 g/mol. The summed E-state index contributed by atoms with van der Waals surface area (Å²) in [7, 11) is -2.17. The first kappa shape index (κ1) is 14.6. The van der Waals surface area contributed by atoms with Crippen LogP contribution < -0.4 is 15.2 Å². The number of ether oxygens (including phenoxy) is 1. The number of nitrogens with one attached hydrogen (secondary N) is 1. The Morgan fingerprint density at radius 2 is 2.00 bits per heavy atom. The van der Waals surface area contributed by atoms with E-state index in [9.17, 15) is 8.42 Å². The Morgan fingerprint density at radius 1 is 1.25 bits per heavy atom. The van der Waals surface area contributed by atoms with Gasteiger partial charge in [0.15, 0.2) is 0 Å². The van der Waals surface area contributed by atoms with Crippen LogP contribution in [0.4, 0.5) is 0 Å². The number of para-hydroxylation sites is 1. The fourth-order valence-corrected chi connectivity index (χ4v) is 2.66. The van der Waals surface area contributed by atoms with E-state index in [-0.39, 0.29) is 18.2 Å². The summed E-state index contributed by atoms with van der Waals surface area (Å²) < 4.78 is 36.9. The van der Waals surface area contributed by atoms with Gasteiger partial charge in [-0.05, 0) is 18.2 Å². The molecule has 0 unspecified atom stereocenters. The lowest BCUT2D eigenvalue weighted by molar-refractivity contribution is 0.406. The third-order valence-corrected chi connectivity index (χ3v) is 4.02. The van der Waals surface area contributed by atoms with Crippen molar-refractivity contribution in [3.05, 3.63) is 47.7 Å². The zero-order valence-corrected chi connectivity index (χ0v) is 11.8. The third-order valence-electron chi connectivity index (χ3n) is 2.75. The third kappa shape index (κ3) is 3.19. The van der Waals surface area contributed by atoms with Crippen LogP contribution in [0.25, 0.3) is 0 Å². The number of sulfonamides is 1. The molecule has 0 amide bonds. The van der Waals surface area contributed by atoms with E-state index in [2.05, 4.69) is 4.72 Å². The van der Waals surface area contributed by atoms with Gasteiger partial charge in [-0.1, -0.05) is 18.2 Å². The highest BCUT2D eigenvalue weighted by molar-refractivity contribution is 7.89. The Hall–Kier alpha value is -1.83. The molecule has 2 rings (SSSR count). The average molecular weight is 296 g/mol. The molecule has 0 aliphatic carbocycles. The fourth-order valence-electron chi connectivity index (χ4n) is 1.71. The van der Waals surface area contributed by atoms with Crippen molar-refractivity contribution in [3.63, 3.8) is 0 Å². The van der Waals surface area contributed by atoms with Crippen LogP contribution in [0.15, 0.2) is 45.9 Å². The fraction of sp³-hybridized carbons (Fsp3) is 0.231. The predicted octanol–water partition coefficient (Wildman–Crippen LogP) is 1.23. The summed E-state index contributed by atoms with van der Waals surface area (Å²) >= 11 is 0. The first-order valence-electron chi connectivity index (χ1n) is 5.97. The molecule has 0 spiro atoms. The summed E-state index contributed by atoms with van der Waals surface area (Å²) in [6.45, 7) is 0.271. The molecule has 20 heavy (non-hydrogen) atoms. The smallest absolute Gasteiger partial charge is 0.274 e. The summed E-state index contributed by atoms with van der Waals surface area (Å²) in [6.07, 6.45) is 0. The summed E-state index contributed by atoms with van der Waals surface area (Å²) in [4.78, 5) is 0. The summed E-state index contributed by atoms with van der Waals surface area (Å²) in [5, 5.41) is -0.146. The molecule has 0 radical (unpaired) electrons. The van der Waals surface area contributed by atoms with Crippen LogP contribution in [0.5, 0.6) is 5.75 Å². The van der Waals surface area contributed by atoms with Gasteiger partial charge in [0, 0.05) is 12.1 Å². The Labute approximate surface area is 117 Å². The number of rotatable bonds is 6. The average Bonchev–Trinajstić information content (AvgIpc) is 2.95. The molecule has 0 fully saturated rings. The quantitative estimate of drug-likeness (QED) is 0.836. The Kier molecular flexibility index (Phi) is 4.43. The Bertz CT molecular complexity index is 679. The predicted molar refractivity (Wildman–Crippen MR) is 73.6 cm³/mol. The number of furan rings is 1. The molecular formula is C13H16N2O4S. The molecule has 0 saturated heterocycles. The number of benzene rings is 1. The molecule has 108 valence electrons. The summed E-state index contributed by atoms with van der Waals surface area (Å²) in [6, 6.07) is 10.1. The van der Waals surface area contributed by atoms with E-state index in [1.54, 1.807) is 12.1 Å². The van der Waals surface area contributed by atoms with E-state index in [0.717, 1.165) is 5.56 Å². The minimum atomic E-state index is -3.70. The summed E-state index contributed by atoms with van der Waals surface area (Å²) in [5.74, 6) is 1.04. The molecule has 0 saturated carbocycles. The van der Waals surface area contributed by atoms with Crippen LogP contribution in [0.3, 0.4) is 0 Å². The van der Waals surface area contributed by atoms with Gasteiger partial charge in [-0.25, -0.2) is 13.1 Å². The molecule has 3 N–H and O–H groups in total. The lowest BCUT2D eigenvalue weighted by Crippen LogP contribution is -2.23. The van der Waals surface area contributed by atoms with Crippen LogP contribution in [0.2, 0.25) is 0 Å². The first-order chi connectivity index (χ1) is 9.56. The molecule has 1 aromatic carbocycles. The van der Waals surface area contributed by atoms with Crippen LogP contribution in [0.1, 0.15) is 11.3 Å². The number of nitrogens with two attached hydrogens (primary N) is 1. The van der Waals surface area contributed by atoms with Crippen molar-refractivity contribution in [2.45, 2.75) is 18.2 Å². The molecule has 1 heterocycles. The maximum absolute atomic E-state index is 12.0. The minimum Gasteiger partial charge on any atom is -0.496 e. The van der Waals surface area contributed by atoms with Gasteiger partial charge in [-0.2, -0.15) is 0 Å². The van der Waals surface area contributed by atoms with Gasteiger partial charge in [0.2, 0.25) is 5.09 Å². The van der Waals surface area contributed by atoms with E-state index in [4.69, 9.17) is 14.9 Å². The van der Waals surface area contributed by atoms with E-state index in [1.807, 2.05) is 12.1 Å². The van der Waals surface area contributed by atoms with Gasteiger partial charge < -0.3 is 14.9 Å². The normalized spacial score (nSPS) is 11.5. The van der Waals surface area contributed by atoms with Gasteiger partial charge in [0.25, 0.3) is 10.0 Å².